The van der Waals surface area contributed by atoms with Gasteiger partial charge in [0, 0.05) is 12.4 Å². The predicted octanol–water partition coefficient (Wildman–Crippen LogP) is 1.59. The molecule has 0 aliphatic heterocycles. The Labute approximate surface area is 87.6 Å². The largest absolute Gasteiger partial charge is 0.361 e. The zero-order valence-corrected chi connectivity index (χ0v) is 8.97. The van der Waals surface area contributed by atoms with Gasteiger partial charge in [-0.05, 0) is 12.8 Å². The number of carbonyl (C=O) groups is 1. The van der Waals surface area contributed by atoms with Crippen LogP contribution >= 0.6 is 11.6 Å². The van der Waals surface area contributed by atoms with Gasteiger partial charge >= 0.3 is 0 Å². The molecule has 1 atom stereocenters. The molecule has 1 heterocycles. The molecule has 1 aromatic heterocycles. The van der Waals surface area contributed by atoms with Crippen molar-refractivity contribution in [1.82, 2.24) is 10.5 Å². The Bertz CT molecular complexity index is 312. The van der Waals surface area contributed by atoms with Gasteiger partial charge in [-0.3, -0.25) is 4.79 Å². The van der Waals surface area contributed by atoms with Crippen LogP contribution in [0.4, 0.5) is 0 Å². The summed E-state index contributed by atoms with van der Waals surface area (Å²) >= 11 is 5.61. The molecule has 4 nitrogen and oxygen atoms in total. The second-order valence-corrected chi connectivity index (χ2v) is 3.57. The summed E-state index contributed by atoms with van der Waals surface area (Å²) in [5.41, 5.74) is 0.478. The van der Waals surface area contributed by atoms with E-state index in [1.807, 2.05) is 6.92 Å². The summed E-state index contributed by atoms with van der Waals surface area (Å²) in [6.45, 7) is 4.23. The second-order valence-electron chi connectivity index (χ2n) is 3.27. The van der Waals surface area contributed by atoms with E-state index in [0.717, 1.165) is 0 Å². The van der Waals surface area contributed by atoms with Crippen LogP contribution in [0.2, 0.25) is 0 Å². The van der Waals surface area contributed by atoms with Crippen molar-refractivity contribution in [3.05, 3.63) is 17.5 Å². The molecule has 1 unspecified atom stereocenters. The molecule has 0 saturated heterocycles. The first-order valence-electron chi connectivity index (χ1n) is 4.40. The van der Waals surface area contributed by atoms with Crippen molar-refractivity contribution in [2.24, 2.45) is 5.92 Å². The highest BCUT2D eigenvalue weighted by Crippen LogP contribution is 2.05. The van der Waals surface area contributed by atoms with E-state index >= 15 is 0 Å². The average molecular weight is 217 g/mol. The molecule has 0 fully saturated rings. The number of aromatic nitrogens is 1. The number of nitrogens with one attached hydrogen (secondary N) is 1. The highest BCUT2D eigenvalue weighted by molar-refractivity contribution is 6.18. The number of rotatable bonds is 4. The summed E-state index contributed by atoms with van der Waals surface area (Å²) in [7, 11) is 0. The normalized spacial score (nSPS) is 12.5. The van der Waals surface area contributed by atoms with Crippen LogP contribution in [0.15, 0.2) is 10.7 Å². The third kappa shape index (κ3) is 2.73. The van der Waals surface area contributed by atoms with Crippen molar-refractivity contribution >= 4 is 17.5 Å². The maximum absolute atomic E-state index is 11.5. The van der Waals surface area contributed by atoms with E-state index in [4.69, 9.17) is 16.1 Å². The van der Waals surface area contributed by atoms with Crippen LogP contribution < -0.4 is 5.32 Å². The number of hydrogen-bond acceptors (Lipinski definition) is 3. The third-order valence-corrected chi connectivity index (χ3v) is 2.40. The monoisotopic (exact) mass is 216 g/mol. The van der Waals surface area contributed by atoms with E-state index in [-0.39, 0.29) is 11.8 Å². The Kier molecular flexibility index (Phi) is 3.95. The van der Waals surface area contributed by atoms with Crippen LogP contribution in [0.25, 0.3) is 0 Å². The van der Waals surface area contributed by atoms with Gasteiger partial charge in [0.1, 0.15) is 11.3 Å². The Morgan fingerprint density at radius 3 is 3.00 bits per heavy atom. The summed E-state index contributed by atoms with van der Waals surface area (Å²) in [6.07, 6.45) is 1.41. The lowest BCUT2D eigenvalue weighted by Crippen LogP contribution is -2.28. The van der Waals surface area contributed by atoms with Crippen molar-refractivity contribution in [1.29, 1.82) is 0 Å². The van der Waals surface area contributed by atoms with Gasteiger partial charge < -0.3 is 9.84 Å². The number of nitrogens with zero attached hydrogens (tertiary/aromatic N) is 1. The fourth-order valence-electron chi connectivity index (χ4n) is 0.933. The zero-order valence-electron chi connectivity index (χ0n) is 8.21. The molecule has 1 rings (SSSR count). The van der Waals surface area contributed by atoms with Crippen LogP contribution in [0, 0.1) is 12.8 Å². The van der Waals surface area contributed by atoms with Crippen molar-refractivity contribution in [3.63, 3.8) is 0 Å². The van der Waals surface area contributed by atoms with E-state index in [1.165, 1.54) is 6.20 Å². The second kappa shape index (κ2) is 5.00. The lowest BCUT2D eigenvalue weighted by molar-refractivity contribution is 0.0947. The molecule has 1 amide bonds. The SMILES string of the molecule is Cc1oncc1C(=O)NCC(C)CCl. The summed E-state index contributed by atoms with van der Waals surface area (Å²) in [5.74, 6) is 1.16. The van der Waals surface area contributed by atoms with Crippen molar-refractivity contribution in [2.75, 3.05) is 12.4 Å². The van der Waals surface area contributed by atoms with Crippen LogP contribution in [-0.4, -0.2) is 23.5 Å². The molecule has 78 valence electrons. The van der Waals surface area contributed by atoms with Crippen LogP contribution in [0.5, 0.6) is 0 Å². The first-order valence-corrected chi connectivity index (χ1v) is 4.94. The number of amides is 1. The van der Waals surface area contributed by atoms with Gasteiger partial charge in [-0.1, -0.05) is 12.1 Å². The van der Waals surface area contributed by atoms with Crippen molar-refractivity contribution < 1.29 is 9.32 Å². The molecule has 0 aromatic carbocycles. The number of alkyl halides is 1. The van der Waals surface area contributed by atoms with Gasteiger partial charge in [0.15, 0.2) is 0 Å². The molecule has 1 aromatic rings. The van der Waals surface area contributed by atoms with Crippen LogP contribution in [0.3, 0.4) is 0 Å². The van der Waals surface area contributed by atoms with Gasteiger partial charge in [-0.25, -0.2) is 0 Å². The summed E-state index contributed by atoms with van der Waals surface area (Å²) in [4.78, 5) is 11.5. The van der Waals surface area contributed by atoms with E-state index in [2.05, 4.69) is 10.5 Å². The number of carbonyl (C=O) groups excluding carboxylic acids is 1. The van der Waals surface area contributed by atoms with Crippen molar-refractivity contribution in [2.45, 2.75) is 13.8 Å². The summed E-state index contributed by atoms with van der Waals surface area (Å²) in [5, 5.41) is 6.28. The Morgan fingerprint density at radius 2 is 2.50 bits per heavy atom. The molecule has 0 bridgehead atoms. The Balaban J connectivity index is 2.47. The smallest absolute Gasteiger partial charge is 0.256 e. The fraction of sp³-hybridized carbons (Fsp3) is 0.556. The standard InChI is InChI=1S/C9H13ClN2O2/c1-6(3-10)4-11-9(13)8-5-12-14-7(8)2/h5-6H,3-4H2,1-2H3,(H,11,13). The molecular formula is C9H13ClN2O2. The summed E-state index contributed by atoms with van der Waals surface area (Å²) < 4.78 is 4.78. The molecule has 0 spiro atoms. The molecule has 5 heteroatoms. The lowest BCUT2D eigenvalue weighted by atomic mass is 10.2. The Hall–Kier alpha value is -1.03. The Morgan fingerprint density at radius 1 is 1.79 bits per heavy atom. The number of aryl methyl sites for hydroxylation is 1. The molecule has 0 radical (unpaired) electrons. The van der Waals surface area contributed by atoms with E-state index in [1.54, 1.807) is 6.92 Å². The predicted molar refractivity (Wildman–Crippen MR) is 53.5 cm³/mol. The molecule has 14 heavy (non-hydrogen) atoms. The van der Waals surface area contributed by atoms with Crippen LogP contribution in [-0.2, 0) is 0 Å². The van der Waals surface area contributed by atoms with E-state index in [9.17, 15) is 4.79 Å². The van der Waals surface area contributed by atoms with Crippen LogP contribution in [0.1, 0.15) is 23.0 Å². The fourth-order valence-corrected chi connectivity index (χ4v) is 1.04. The van der Waals surface area contributed by atoms with E-state index < -0.39 is 0 Å². The van der Waals surface area contributed by atoms with Gasteiger partial charge in [-0.15, -0.1) is 11.6 Å². The van der Waals surface area contributed by atoms with Crippen molar-refractivity contribution in [3.8, 4) is 0 Å². The first kappa shape index (κ1) is 11.0. The van der Waals surface area contributed by atoms with Gasteiger partial charge in [-0.2, -0.15) is 0 Å². The first-order chi connectivity index (χ1) is 6.65. The minimum absolute atomic E-state index is 0.166. The lowest BCUT2D eigenvalue weighted by Gasteiger charge is -2.07. The number of hydrogen-bond donors (Lipinski definition) is 1. The topological polar surface area (TPSA) is 55.1 Å². The molecule has 0 aliphatic rings. The minimum atomic E-state index is -0.166. The van der Waals surface area contributed by atoms with Gasteiger partial charge in [0.05, 0.1) is 6.20 Å². The minimum Gasteiger partial charge on any atom is -0.361 e. The maximum atomic E-state index is 11.5. The quantitative estimate of drug-likeness (QED) is 0.778. The molecule has 0 aliphatic carbocycles. The molecule has 1 N–H and O–H groups in total. The van der Waals surface area contributed by atoms with Gasteiger partial charge in [0.2, 0.25) is 0 Å². The maximum Gasteiger partial charge on any atom is 0.256 e. The third-order valence-electron chi connectivity index (χ3n) is 1.87. The highest BCUT2D eigenvalue weighted by atomic mass is 35.5. The molecular weight excluding hydrogens is 204 g/mol. The summed E-state index contributed by atoms with van der Waals surface area (Å²) in [6, 6.07) is 0. The average Bonchev–Trinajstić information content (AvgIpc) is 2.60. The molecule has 0 saturated carbocycles. The highest BCUT2D eigenvalue weighted by Gasteiger charge is 2.12. The van der Waals surface area contributed by atoms with Gasteiger partial charge in [0.25, 0.3) is 5.91 Å². The van der Waals surface area contributed by atoms with E-state index in [0.29, 0.717) is 23.7 Å². The zero-order chi connectivity index (χ0) is 10.6. The number of halogens is 1.